The van der Waals surface area contributed by atoms with Crippen LogP contribution < -0.4 is 10.1 Å². The van der Waals surface area contributed by atoms with Gasteiger partial charge in [-0.05, 0) is 42.0 Å². The third kappa shape index (κ3) is 6.32. The van der Waals surface area contributed by atoms with Gasteiger partial charge in [0.25, 0.3) is 0 Å². The maximum Gasteiger partial charge on any atom is 0.573 e. The third-order valence-corrected chi connectivity index (χ3v) is 4.15. The predicted octanol–water partition coefficient (Wildman–Crippen LogP) is 5.21. The molecule has 0 spiro atoms. The average molecular weight is 443 g/mol. The lowest BCUT2D eigenvalue weighted by Gasteiger charge is -2.14. The van der Waals surface area contributed by atoms with Gasteiger partial charge in [0.2, 0.25) is 0 Å². The van der Waals surface area contributed by atoms with Gasteiger partial charge in [-0.2, -0.15) is 13.2 Å². The molecule has 1 atom stereocenters. The Morgan fingerprint density at radius 1 is 0.903 bits per heavy atom. The lowest BCUT2D eigenvalue weighted by atomic mass is 10.1. The van der Waals surface area contributed by atoms with Crippen molar-refractivity contribution < 1.29 is 36.2 Å². The van der Waals surface area contributed by atoms with Crippen LogP contribution in [0.4, 0.5) is 32.2 Å². The van der Waals surface area contributed by atoms with Crippen molar-refractivity contribution in [2.75, 3.05) is 11.9 Å². The van der Waals surface area contributed by atoms with Crippen molar-refractivity contribution in [2.24, 2.45) is 0 Å². The van der Waals surface area contributed by atoms with E-state index in [-0.39, 0.29) is 17.9 Å². The first-order chi connectivity index (χ1) is 14.5. The van der Waals surface area contributed by atoms with Crippen molar-refractivity contribution in [2.45, 2.75) is 18.6 Å². The molecule has 2 N–H and O–H groups in total. The van der Waals surface area contributed by atoms with E-state index in [2.05, 4.69) is 20.0 Å². The number of rotatable bonds is 6. The normalized spacial score (nSPS) is 13.0. The van der Waals surface area contributed by atoms with Gasteiger partial charge in [0.05, 0.1) is 17.4 Å². The van der Waals surface area contributed by atoms with Crippen LogP contribution in [0.3, 0.4) is 0 Å². The second kappa shape index (κ2) is 8.80. The molecule has 1 aromatic heterocycles. The Morgan fingerprint density at radius 2 is 1.55 bits per heavy atom. The van der Waals surface area contributed by atoms with Crippen molar-refractivity contribution in [1.82, 2.24) is 9.97 Å². The van der Waals surface area contributed by atoms with E-state index in [4.69, 9.17) is 0 Å². The van der Waals surface area contributed by atoms with Crippen LogP contribution in [0, 0.1) is 0 Å². The number of hydrogen-bond acceptors (Lipinski definition) is 5. The minimum absolute atomic E-state index is 0.0415. The fourth-order valence-corrected chi connectivity index (χ4v) is 2.65. The van der Waals surface area contributed by atoms with Gasteiger partial charge < -0.3 is 15.2 Å². The summed E-state index contributed by atoms with van der Waals surface area (Å²) in [4.78, 5) is 8.04. The van der Waals surface area contributed by atoms with Crippen LogP contribution in [0.25, 0.3) is 11.3 Å². The molecule has 1 heterocycles. The summed E-state index contributed by atoms with van der Waals surface area (Å²) in [5, 5.41) is 13.0. The summed E-state index contributed by atoms with van der Waals surface area (Å²) in [5.41, 5.74) is 0.377. The average Bonchev–Trinajstić information content (AvgIpc) is 2.71. The third-order valence-electron chi connectivity index (χ3n) is 4.15. The molecule has 11 heteroatoms. The number of benzene rings is 2. The Balaban J connectivity index is 1.64. The van der Waals surface area contributed by atoms with Crippen molar-refractivity contribution >= 4 is 5.82 Å². The van der Waals surface area contributed by atoms with E-state index in [9.17, 15) is 31.4 Å². The number of anilines is 1. The smallest absolute Gasteiger partial charge is 0.406 e. The Labute approximate surface area is 172 Å². The number of aromatic nitrogens is 2. The van der Waals surface area contributed by atoms with Gasteiger partial charge in [0.1, 0.15) is 17.9 Å². The molecule has 164 valence electrons. The van der Waals surface area contributed by atoms with E-state index in [1.165, 1.54) is 36.7 Å². The molecule has 0 bridgehead atoms. The van der Waals surface area contributed by atoms with Gasteiger partial charge in [-0.25, -0.2) is 9.97 Å². The van der Waals surface area contributed by atoms with E-state index >= 15 is 0 Å². The summed E-state index contributed by atoms with van der Waals surface area (Å²) < 4.78 is 78.4. The Kier molecular flexibility index (Phi) is 6.34. The molecular formula is C20H15F6N3O2. The van der Waals surface area contributed by atoms with Gasteiger partial charge >= 0.3 is 12.5 Å². The van der Waals surface area contributed by atoms with E-state index in [1.54, 1.807) is 0 Å². The van der Waals surface area contributed by atoms with E-state index < -0.39 is 24.2 Å². The molecule has 0 saturated carbocycles. The second-order valence-electron chi connectivity index (χ2n) is 6.38. The summed E-state index contributed by atoms with van der Waals surface area (Å²) in [6.45, 7) is -0.0415. The highest BCUT2D eigenvalue weighted by molar-refractivity contribution is 5.62. The Bertz CT molecular complexity index is 1010. The first-order valence-electron chi connectivity index (χ1n) is 8.78. The standard InChI is InChI=1S/C20H15F6N3O2/c21-19(22,23)14-5-1-13(2-6-14)17(30)10-27-18-9-16(28-11-29-18)12-3-7-15(8-4-12)31-20(24,25)26/h1-9,11,17,30H,10H2,(H,27,28,29). The zero-order valence-corrected chi connectivity index (χ0v) is 15.6. The molecule has 3 rings (SSSR count). The first kappa shape index (κ1) is 22.3. The second-order valence-corrected chi connectivity index (χ2v) is 6.38. The molecule has 0 aliphatic carbocycles. The molecule has 5 nitrogen and oxygen atoms in total. The number of aliphatic hydroxyl groups excluding tert-OH is 1. The van der Waals surface area contributed by atoms with Gasteiger partial charge in [0, 0.05) is 18.2 Å². The largest absolute Gasteiger partial charge is 0.573 e. The zero-order chi connectivity index (χ0) is 22.6. The summed E-state index contributed by atoms with van der Waals surface area (Å²) in [6.07, 6.45) is -9.13. The monoisotopic (exact) mass is 443 g/mol. The molecule has 1 unspecified atom stereocenters. The van der Waals surface area contributed by atoms with Crippen molar-refractivity contribution in [3.63, 3.8) is 0 Å². The lowest BCUT2D eigenvalue weighted by molar-refractivity contribution is -0.274. The van der Waals surface area contributed by atoms with Crippen molar-refractivity contribution in [3.05, 3.63) is 72.1 Å². The first-order valence-corrected chi connectivity index (χ1v) is 8.78. The number of alkyl halides is 6. The molecule has 0 fully saturated rings. The predicted molar refractivity (Wildman–Crippen MR) is 99.0 cm³/mol. The molecule has 3 aromatic rings. The highest BCUT2D eigenvalue weighted by atomic mass is 19.4. The van der Waals surface area contributed by atoms with Crippen LogP contribution in [0.1, 0.15) is 17.2 Å². The minimum Gasteiger partial charge on any atom is -0.406 e. The van der Waals surface area contributed by atoms with Gasteiger partial charge in [0.15, 0.2) is 0 Å². The molecule has 0 aliphatic heterocycles. The van der Waals surface area contributed by atoms with E-state index in [1.807, 2.05) is 0 Å². The van der Waals surface area contributed by atoms with Crippen LogP contribution in [-0.4, -0.2) is 28.0 Å². The number of hydrogen-bond donors (Lipinski definition) is 2. The van der Waals surface area contributed by atoms with Crippen molar-refractivity contribution in [1.29, 1.82) is 0 Å². The molecule has 0 amide bonds. The van der Waals surface area contributed by atoms with Crippen LogP contribution in [0.15, 0.2) is 60.9 Å². The maximum atomic E-state index is 12.6. The number of nitrogens with zero attached hydrogens (tertiary/aromatic N) is 2. The highest BCUT2D eigenvalue weighted by Crippen LogP contribution is 2.30. The molecule has 0 radical (unpaired) electrons. The fourth-order valence-electron chi connectivity index (χ4n) is 2.65. The summed E-state index contributed by atoms with van der Waals surface area (Å²) in [5.74, 6) is -0.0603. The van der Waals surface area contributed by atoms with Crippen LogP contribution in [0.5, 0.6) is 5.75 Å². The maximum absolute atomic E-state index is 12.6. The zero-order valence-electron chi connectivity index (χ0n) is 15.6. The highest BCUT2D eigenvalue weighted by Gasteiger charge is 2.31. The lowest BCUT2D eigenvalue weighted by Crippen LogP contribution is -2.16. The van der Waals surface area contributed by atoms with Gasteiger partial charge in [-0.3, -0.25) is 0 Å². The quantitative estimate of drug-likeness (QED) is 0.513. The summed E-state index contributed by atoms with van der Waals surface area (Å²) in [6, 6.07) is 10.7. The number of ether oxygens (including phenoxy) is 1. The van der Waals surface area contributed by atoms with Crippen LogP contribution in [0.2, 0.25) is 0 Å². The topological polar surface area (TPSA) is 67.3 Å². The minimum atomic E-state index is -4.79. The molecular weight excluding hydrogens is 428 g/mol. The van der Waals surface area contributed by atoms with Crippen LogP contribution in [-0.2, 0) is 6.18 Å². The van der Waals surface area contributed by atoms with E-state index in [0.29, 0.717) is 17.1 Å². The summed E-state index contributed by atoms with van der Waals surface area (Å²) in [7, 11) is 0. The fraction of sp³-hybridized carbons (Fsp3) is 0.200. The Hall–Kier alpha value is -3.34. The van der Waals surface area contributed by atoms with E-state index in [0.717, 1.165) is 24.3 Å². The molecule has 0 saturated heterocycles. The number of aliphatic hydroxyl groups is 1. The SMILES string of the molecule is OC(CNc1cc(-c2ccc(OC(F)(F)F)cc2)ncn1)c1ccc(C(F)(F)F)cc1. The Morgan fingerprint density at radius 3 is 2.13 bits per heavy atom. The number of nitrogens with one attached hydrogen (secondary N) is 1. The van der Waals surface area contributed by atoms with Gasteiger partial charge in [-0.15, -0.1) is 13.2 Å². The van der Waals surface area contributed by atoms with Crippen LogP contribution >= 0.6 is 0 Å². The van der Waals surface area contributed by atoms with Gasteiger partial charge in [-0.1, -0.05) is 12.1 Å². The molecule has 31 heavy (non-hydrogen) atoms. The summed E-state index contributed by atoms with van der Waals surface area (Å²) >= 11 is 0. The number of halogens is 6. The molecule has 2 aromatic carbocycles. The molecule has 0 aliphatic rings. The van der Waals surface area contributed by atoms with Crippen molar-refractivity contribution in [3.8, 4) is 17.0 Å².